The molecular formula is C17H25NO3. The van der Waals surface area contributed by atoms with E-state index in [1.54, 1.807) is 0 Å². The van der Waals surface area contributed by atoms with Crippen LogP contribution in [0.15, 0.2) is 30.3 Å². The lowest BCUT2D eigenvalue weighted by Gasteiger charge is -2.37. The number of piperidine rings is 1. The lowest BCUT2D eigenvalue weighted by Crippen LogP contribution is -2.44. The van der Waals surface area contributed by atoms with Crippen LogP contribution in [0.2, 0.25) is 0 Å². The number of rotatable bonds is 7. The molecule has 4 nitrogen and oxygen atoms in total. The Kier molecular flexibility index (Phi) is 6.21. The molecule has 1 heterocycles. The van der Waals surface area contributed by atoms with Crippen molar-refractivity contribution >= 4 is 5.97 Å². The molecule has 1 unspecified atom stereocenters. The molecule has 1 aromatic carbocycles. The predicted molar refractivity (Wildman–Crippen MR) is 82.4 cm³/mol. The number of benzene rings is 1. The second-order valence-electron chi connectivity index (χ2n) is 5.69. The molecule has 0 bridgehead atoms. The maximum Gasteiger partial charge on any atom is 0.329 e. The molecule has 4 heteroatoms. The number of hydrogen-bond donors (Lipinski definition) is 1. The van der Waals surface area contributed by atoms with Crippen molar-refractivity contribution in [3.63, 3.8) is 0 Å². The van der Waals surface area contributed by atoms with Crippen molar-refractivity contribution in [1.82, 2.24) is 4.90 Å². The smallest absolute Gasteiger partial charge is 0.329 e. The summed E-state index contributed by atoms with van der Waals surface area (Å²) in [7, 11) is 0. The molecular weight excluding hydrogens is 266 g/mol. The third kappa shape index (κ3) is 5.14. The third-order valence-corrected chi connectivity index (χ3v) is 4.22. The maximum absolute atomic E-state index is 10.5. The molecule has 1 aliphatic rings. The Morgan fingerprint density at radius 3 is 2.57 bits per heavy atom. The molecule has 0 amide bonds. The fraction of sp³-hybridized carbons (Fsp3) is 0.588. The molecule has 0 radical (unpaired) electrons. The molecule has 0 spiro atoms. The summed E-state index contributed by atoms with van der Waals surface area (Å²) < 4.78 is 5.40. The minimum Gasteiger partial charge on any atom is -0.480 e. The van der Waals surface area contributed by atoms with E-state index >= 15 is 0 Å². The Bertz CT molecular complexity index is 427. The summed E-state index contributed by atoms with van der Waals surface area (Å²) in [6, 6.07) is 11.2. The first-order valence-electron chi connectivity index (χ1n) is 7.80. The quantitative estimate of drug-likeness (QED) is 0.839. The summed E-state index contributed by atoms with van der Waals surface area (Å²) in [6.45, 7) is 4.05. The Hall–Kier alpha value is -1.39. The summed E-state index contributed by atoms with van der Waals surface area (Å²) in [5.74, 6) is -0.882. The topological polar surface area (TPSA) is 49.8 Å². The standard InChI is InChI=1S/C17H25NO3/c1-2-15(12-14-6-4-3-5-7-14)18-10-8-16(9-11-18)21-13-17(19)20/h3-7,15-16H,2,8-13H2,1H3,(H,19,20). The SMILES string of the molecule is CCC(Cc1ccccc1)N1CCC(OCC(=O)O)CC1. The van der Waals surface area contributed by atoms with Crippen LogP contribution < -0.4 is 0 Å². The number of carboxylic acid groups (broad SMARTS) is 1. The monoisotopic (exact) mass is 291 g/mol. The predicted octanol–water partition coefficient (Wildman–Crippen LogP) is 2.57. The van der Waals surface area contributed by atoms with Crippen molar-refractivity contribution in [2.24, 2.45) is 0 Å². The first-order chi connectivity index (χ1) is 10.2. The normalized spacial score (nSPS) is 18.5. The molecule has 116 valence electrons. The van der Waals surface area contributed by atoms with Crippen LogP contribution in [-0.4, -0.2) is 47.8 Å². The number of hydrogen-bond acceptors (Lipinski definition) is 3. The van der Waals surface area contributed by atoms with E-state index in [2.05, 4.69) is 42.2 Å². The summed E-state index contributed by atoms with van der Waals surface area (Å²) >= 11 is 0. The highest BCUT2D eigenvalue weighted by atomic mass is 16.5. The lowest BCUT2D eigenvalue weighted by atomic mass is 9.99. The van der Waals surface area contributed by atoms with E-state index < -0.39 is 5.97 Å². The Labute approximate surface area is 126 Å². The van der Waals surface area contributed by atoms with Gasteiger partial charge >= 0.3 is 5.97 Å². The van der Waals surface area contributed by atoms with Gasteiger partial charge in [0, 0.05) is 19.1 Å². The van der Waals surface area contributed by atoms with Crippen molar-refractivity contribution in [2.75, 3.05) is 19.7 Å². The Morgan fingerprint density at radius 1 is 1.33 bits per heavy atom. The van der Waals surface area contributed by atoms with Gasteiger partial charge in [0.05, 0.1) is 6.10 Å². The fourth-order valence-electron chi connectivity index (χ4n) is 3.01. The minimum absolute atomic E-state index is 0.103. The highest BCUT2D eigenvalue weighted by Gasteiger charge is 2.25. The van der Waals surface area contributed by atoms with Gasteiger partial charge in [-0.25, -0.2) is 4.79 Å². The first kappa shape index (κ1) is 16.0. The summed E-state index contributed by atoms with van der Waals surface area (Å²) in [5.41, 5.74) is 1.38. The van der Waals surface area contributed by atoms with Crippen molar-refractivity contribution in [1.29, 1.82) is 0 Å². The average molecular weight is 291 g/mol. The van der Waals surface area contributed by atoms with Crippen LogP contribution in [-0.2, 0) is 16.0 Å². The highest BCUT2D eigenvalue weighted by Crippen LogP contribution is 2.20. The molecule has 2 rings (SSSR count). The van der Waals surface area contributed by atoms with Crippen molar-refractivity contribution in [3.05, 3.63) is 35.9 Å². The van der Waals surface area contributed by atoms with Gasteiger partial charge in [-0.15, -0.1) is 0 Å². The van der Waals surface area contributed by atoms with Crippen LogP contribution in [0.4, 0.5) is 0 Å². The second kappa shape index (κ2) is 8.15. The van der Waals surface area contributed by atoms with E-state index in [-0.39, 0.29) is 12.7 Å². The van der Waals surface area contributed by atoms with Crippen LogP contribution in [0.25, 0.3) is 0 Å². The van der Waals surface area contributed by atoms with Crippen molar-refractivity contribution in [2.45, 2.75) is 44.8 Å². The average Bonchev–Trinajstić information content (AvgIpc) is 2.52. The molecule has 1 aliphatic heterocycles. The number of nitrogens with zero attached hydrogens (tertiary/aromatic N) is 1. The van der Waals surface area contributed by atoms with Crippen molar-refractivity contribution < 1.29 is 14.6 Å². The highest BCUT2D eigenvalue weighted by molar-refractivity contribution is 5.68. The molecule has 0 aromatic heterocycles. The van der Waals surface area contributed by atoms with E-state index in [4.69, 9.17) is 9.84 Å². The Balaban J connectivity index is 1.80. The van der Waals surface area contributed by atoms with Gasteiger partial charge in [0.1, 0.15) is 6.61 Å². The van der Waals surface area contributed by atoms with Gasteiger partial charge in [-0.3, -0.25) is 4.90 Å². The molecule has 0 aliphatic carbocycles. The van der Waals surface area contributed by atoms with E-state index in [0.717, 1.165) is 38.8 Å². The van der Waals surface area contributed by atoms with E-state index in [0.29, 0.717) is 6.04 Å². The number of aliphatic carboxylic acids is 1. The van der Waals surface area contributed by atoms with Crippen molar-refractivity contribution in [3.8, 4) is 0 Å². The minimum atomic E-state index is -0.882. The third-order valence-electron chi connectivity index (χ3n) is 4.22. The summed E-state index contributed by atoms with van der Waals surface area (Å²) in [4.78, 5) is 13.1. The Morgan fingerprint density at radius 2 is 2.00 bits per heavy atom. The van der Waals surface area contributed by atoms with Gasteiger partial charge in [-0.1, -0.05) is 37.3 Å². The summed E-state index contributed by atoms with van der Waals surface area (Å²) in [6.07, 6.45) is 4.18. The largest absolute Gasteiger partial charge is 0.480 e. The summed E-state index contributed by atoms with van der Waals surface area (Å²) in [5, 5.41) is 8.65. The van der Waals surface area contributed by atoms with Gasteiger partial charge < -0.3 is 9.84 Å². The molecule has 1 N–H and O–H groups in total. The lowest BCUT2D eigenvalue weighted by molar-refractivity contribution is -0.145. The van der Waals surface area contributed by atoms with Gasteiger partial charge in [0.25, 0.3) is 0 Å². The number of ether oxygens (including phenoxy) is 1. The number of carbonyl (C=O) groups is 1. The van der Waals surface area contributed by atoms with Crippen LogP contribution in [0.5, 0.6) is 0 Å². The zero-order valence-electron chi connectivity index (χ0n) is 12.7. The molecule has 0 saturated carbocycles. The van der Waals surface area contributed by atoms with Crippen LogP contribution in [0, 0.1) is 0 Å². The van der Waals surface area contributed by atoms with E-state index in [1.807, 2.05) is 0 Å². The number of likely N-dealkylation sites (tertiary alicyclic amines) is 1. The zero-order chi connectivity index (χ0) is 15.1. The van der Waals surface area contributed by atoms with E-state index in [1.165, 1.54) is 5.56 Å². The zero-order valence-corrected chi connectivity index (χ0v) is 12.7. The number of carboxylic acids is 1. The molecule has 21 heavy (non-hydrogen) atoms. The molecule has 1 saturated heterocycles. The van der Waals surface area contributed by atoms with Gasteiger partial charge in [0.15, 0.2) is 0 Å². The second-order valence-corrected chi connectivity index (χ2v) is 5.69. The van der Waals surface area contributed by atoms with Gasteiger partial charge in [-0.05, 0) is 31.2 Å². The maximum atomic E-state index is 10.5. The van der Waals surface area contributed by atoms with Crippen LogP contribution >= 0.6 is 0 Å². The van der Waals surface area contributed by atoms with Crippen LogP contribution in [0.3, 0.4) is 0 Å². The molecule has 1 aromatic rings. The molecule has 1 fully saturated rings. The fourth-order valence-corrected chi connectivity index (χ4v) is 3.01. The molecule has 1 atom stereocenters. The van der Waals surface area contributed by atoms with Crippen LogP contribution in [0.1, 0.15) is 31.7 Å². The van der Waals surface area contributed by atoms with Gasteiger partial charge in [-0.2, -0.15) is 0 Å². The first-order valence-corrected chi connectivity index (χ1v) is 7.80. The van der Waals surface area contributed by atoms with E-state index in [9.17, 15) is 4.79 Å². The van der Waals surface area contributed by atoms with Gasteiger partial charge in [0.2, 0.25) is 0 Å².